The lowest BCUT2D eigenvalue weighted by Crippen LogP contribution is -2.56. The number of alkyl carbamates (subject to hydrolysis) is 1. The fourth-order valence-corrected chi connectivity index (χ4v) is 4.27. The molecule has 0 heterocycles. The minimum atomic E-state index is -0.928. The molecule has 39 heavy (non-hydrogen) atoms. The van der Waals surface area contributed by atoms with Crippen LogP contribution in [0.1, 0.15) is 78.5 Å². The van der Waals surface area contributed by atoms with Gasteiger partial charge in [-0.15, -0.1) is 0 Å². The SMILES string of the molecule is CCC(C)C(NC(=O)OC(C)(C)C)C(=O)N(C(C)CC)C(C(=O)Nc1ccc(OC)cc1)c1ccccc1C. The van der Waals surface area contributed by atoms with E-state index in [9.17, 15) is 14.4 Å². The van der Waals surface area contributed by atoms with Crippen LogP contribution in [0.2, 0.25) is 0 Å². The van der Waals surface area contributed by atoms with Gasteiger partial charge in [0.05, 0.1) is 7.11 Å². The molecular formula is C31H45N3O5. The van der Waals surface area contributed by atoms with Gasteiger partial charge in [-0.2, -0.15) is 0 Å². The van der Waals surface area contributed by atoms with E-state index in [-0.39, 0.29) is 23.8 Å². The third kappa shape index (κ3) is 8.73. The second-order valence-corrected chi connectivity index (χ2v) is 11.0. The lowest BCUT2D eigenvalue weighted by atomic mass is 9.93. The maximum absolute atomic E-state index is 14.4. The average molecular weight is 540 g/mol. The van der Waals surface area contributed by atoms with Crippen molar-refractivity contribution >= 4 is 23.6 Å². The van der Waals surface area contributed by atoms with Gasteiger partial charge in [-0.25, -0.2) is 4.79 Å². The van der Waals surface area contributed by atoms with Crippen LogP contribution in [0, 0.1) is 12.8 Å². The van der Waals surface area contributed by atoms with Gasteiger partial charge in [0.15, 0.2) is 0 Å². The van der Waals surface area contributed by atoms with Crippen LogP contribution in [0.5, 0.6) is 5.75 Å². The number of ether oxygens (including phenoxy) is 2. The van der Waals surface area contributed by atoms with Crippen molar-refractivity contribution in [1.29, 1.82) is 0 Å². The molecule has 8 heteroatoms. The van der Waals surface area contributed by atoms with E-state index in [1.54, 1.807) is 57.0 Å². The van der Waals surface area contributed by atoms with Crippen molar-refractivity contribution in [2.45, 2.75) is 92.0 Å². The maximum atomic E-state index is 14.4. The molecule has 4 atom stereocenters. The summed E-state index contributed by atoms with van der Waals surface area (Å²) in [5.41, 5.74) is 1.47. The molecule has 0 saturated carbocycles. The van der Waals surface area contributed by atoms with Gasteiger partial charge in [0.2, 0.25) is 5.91 Å². The van der Waals surface area contributed by atoms with E-state index < -0.39 is 23.8 Å². The summed E-state index contributed by atoms with van der Waals surface area (Å²) in [4.78, 5) is 42.8. The highest BCUT2D eigenvalue weighted by atomic mass is 16.6. The molecule has 0 aliphatic carbocycles. The first-order valence-electron chi connectivity index (χ1n) is 13.6. The Labute approximate surface area is 233 Å². The molecule has 2 aromatic carbocycles. The number of carbonyl (C=O) groups excluding carboxylic acids is 3. The predicted octanol–water partition coefficient (Wildman–Crippen LogP) is 6.25. The number of methoxy groups -OCH3 is 1. The van der Waals surface area contributed by atoms with Crippen LogP contribution in [-0.2, 0) is 14.3 Å². The van der Waals surface area contributed by atoms with E-state index in [2.05, 4.69) is 10.6 Å². The topological polar surface area (TPSA) is 97.0 Å². The molecule has 4 unspecified atom stereocenters. The van der Waals surface area contributed by atoms with Crippen molar-refractivity contribution in [3.63, 3.8) is 0 Å². The number of aryl methyl sites for hydroxylation is 1. The van der Waals surface area contributed by atoms with Gasteiger partial charge in [-0.05, 0) is 82.3 Å². The van der Waals surface area contributed by atoms with Crippen LogP contribution in [0.4, 0.5) is 10.5 Å². The standard InChI is InChI=1S/C31H45N3O5/c1-10-20(3)26(33-30(37)39-31(6,7)8)29(36)34(22(5)11-2)27(25-15-13-12-14-21(25)4)28(35)32-23-16-18-24(38-9)19-17-23/h12-20,22,26-27H,10-11H2,1-9H3,(H,32,35)(H,33,37). The number of anilines is 1. The Morgan fingerprint density at radius 1 is 0.949 bits per heavy atom. The molecule has 0 aliphatic rings. The number of carbonyl (C=O) groups is 3. The Morgan fingerprint density at radius 2 is 1.56 bits per heavy atom. The largest absolute Gasteiger partial charge is 0.497 e. The van der Waals surface area contributed by atoms with Gasteiger partial charge in [-0.3, -0.25) is 9.59 Å². The van der Waals surface area contributed by atoms with Crippen molar-refractivity contribution < 1.29 is 23.9 Å². The first-order chi connectivity index (χ1) is 18.3. The lowest BCUT2D eigenvalue weighted by molar-refractivity contribution is -0.144. The second-order valence-electron chi connectivity index (χ2n) is 11.0. The highest BCUT2D eigenvalue weighted by Gasteiger charge is 2.40. The van der Waals surface area contributed by atoms with Gasteiger partial charge in [0, 0.05) is 11.7 Å². The molecule has 0 saturated heterocycles. The number of nitrogens with one attached hydrogen (secondary N) is 2. The molecule has 8 nitrogen and oxygen atoms in total. The molecular weight excluding hydrogens is 494 g/mol. The first-order valence-corrected chi connectivity index (χ1v) is 13.6. The quantitative estimate of drug-likeness (QED) is 0.352. The Kier molecular flexibility index (Phi) is 11.4. The number of rotatable bonds is 11. The molecule has 2 aromatic rings. The molecule has 0 fully saturated rings. The van der Waals surface area contributed by atoms with Gasteiger partial charge >= 0.3 is 6.09 Å². The Balaban J connectivity index is 2.58. The molecule has 0 aromatic heterocycles. The summed E-state index contributed by atoms with van der Waals surface area (Å²) in [7, 11) is 1.58. The molecule has 0 bridgehead atoms. The maximum Gasteiger partial charge on any atom is 0.408 e. The van der Waals surface area contributed by atoms with Crippen molar-refractivity contribution in [2.24, 2.45) is 5.92 Å². The van der Waals surface area contributed by atoms with E-state index in [0.29, 0.717) is 24.3 Å². The van der Waals surface area contributed by atoms with Gasteiger partial charge in [0.25, 0.3) is 5.91 Å². The minimum Gasteiger partial charge on any atom is -0.497 e. The van der Waals surface area contributed by atoms with E-state index in [4.69, 9.17) is 9.47 Å². The van der Waals surface area contributed by atoms with Gasteiger partial charge < -0.3 is 25.0 Å². The minimum absolute atomic E-state index is 0.196. The van der Waals surface area contributed by atoms with Crippen LogP contribution in [-0.4, -0.2) is 47.6 Å². The van der Waals surface area contributed by atoms with E-state index in [0.717, 1.165) is 11.1 Å². The van der Waals surface area contributed by atoms with Crippen LogP contribution in [0.15, 0.2) is 48.5 Å². The summed E-state index contributed by atoms with van der Waals surface area (Å²) in [5.74, 6) is -0.200. The zero-order chi connectivity index (χ0) is 29.3. The van der Waals surface area contributed by atoms with E-state index in [1.807, 2.05) is 58.9 Å². The summed E-state index contributed by atoms with van der Waals surface area (Å²) in [6, 6.07) is 12.5. The number of amides is 3. The van der Waals surface area contributed by atoms with Crippen LogP contribution in [0.25, 0.3) is 0 Å². The monoisotopic (exact) mass is 539 g/mol. The van der Waals surface area contributed by atoms with Gasteiger partial charge in [-0.1, -0.05) is 51.5 Å². The number of nitrogens with zero attached hydrogens (tertiary/aromatic N) is 1. The zero-order valence-corrected chi connectivity index (χ0v) is 24.8. The van der Waals surface area contributed by atoms with Crippen LogP contribution < -0.4 is 15.4 Å². The molecule has 0 radical (unpaired) electrons. The Morgan fingerprint density at radius 3 is 2.08 bits per heavy atom. The summed E-state index contributed by atoms with van der Waals surface area (Å²) in [6.07, 6.45) is 0.595. The first kappa shape index (κ1) is 31.7. The molecule has 0 aliphatic heterocycles. The highest BCUT2D eigenvalue weighted by Crippen LogP contribution is 2.31. The smallest absolute Gasteiger partial charge is 0.408 e. The third-order valence-corrected chi connectivity index (χ3v) is 6.84. The summed E-state index contributed by atoms with van der Waals surface area (Å²) in [6.45, 7) is 15.0. The zero-order valence-electron chi connectivity index (χ0n) is 24.8. The molecule has 0 spiro atoms. The summed E-state index contributed by atoms with van der Waals surface area (Å²) >= 11 is 0. The summed E-state index contributed by atoms with van der Waals surface area (Å²) in [5, 5.41) is 5.79. The normalized spacial score (nSPS) is 14.4. The Hall–Kier alpha value is -3.55. The predicted molar refractivity (Wildman–Crippen MR) is 155 cm³/mol. The van der Waals surface area contributed by atoms with Crippen molar-refractivity contribution in [2.75, 3.05) is 12.4 Å². The number of hydrogen-bond donors (Lipinski definition) is 2. The third-order valence-electron chi connectivity index (χ3n) is 6.84. The Bertz CT molecular complexity index is 1110. The average Bonchev–Trinajstić information content (AvgIpc) is 2.89. The van der Waals surface area contributed by atoms with Crippen molar-refractivity contribution in [1.82, 2.24) is 10.2 Å². The van der Waals surface area contributed by atoms with Crippen molar-refractivity contribution in [3.8, 4) is 5.75 Å². The number of benzene rings is 2. The van der Waals surface area contributed by atoms with Gasteiger partial charge in [0.1, 0.15) is 23.4 Å². The van der Waals surface area contributed by atoms with E-state index in [1.165, 1.54) is 0 Å². The molecule has 214 valence electrons. The highest BCUT2D eigenvalue weighted by molar-refractivity contribution is 5.99. The van der Waals surface area contributed by atoms with Crippen LogP contribution >= 0.6 is 0 Å². The van der Waals surface area contributed by atoms with Crippen molar-refractivity contribution in [3.05, 3.63) is 59.7 Å². The molecule has 2 rings (SSSR count). The fourth-order valence-electron chi connectivity index (χ4n) is 4.27. The second kappa shape index (κ2) is 14.0. The van der Waals surface area contributed by atoms with Crippen LogP contribution in [0.3, 0.4) is 0 Å². The fraction of sp³-hybridized carbons (Fsp3) is 0.516. The molecule has 3 amide bonds. The number of hydrogen-bond acceptors (Lipinski definition) is 5. The summed E-state index contributed by atoms with van der Waals surface area (Å²) < 4.78 is 10.7. The lowest BCUT2D eigenvalue weighted by Gasteiger charge is -2.39. The van der Waals surface area contributed by atoms with E-state index >= 15 is 0 Å². The molecule has 2 N–H and O–H groups in total.